The van der Waals surface area contributed by atoms with Gasteiger partial charge in [0.15, 0.2) is 22.1 Å². The van der Waals surface area contributed by atoms with Crippen LogP contribution >= 0.6 is 11.3 Å². The first-order valence-electron chi connectivity index (χ1n) is 12.1. The first kappa shape index (κ1) is 24.0. The third-order valence-corrected chi connectivity index (χ3v) is 7.63. The van der Waals surface area contributed by atoms with E-state index in [1.807, 2.05) is 44.2 Å². The molecule has 0 N–H and O–H groups in total. The van der Waals surface area contributed by atoms with Crippen LogP contribution in [0.25, 0.3) is 21.2 Å². The smallest absolute Gasteiger partial charge is 0.297 e. The van der Waals surface area contributed by atoms with Crippen LogP contribution in [0.15, 0.2) is 63.8 Å². The fourth-order valence-electron chi connectivity index (χ4n) is 4.87. The second-order valence-electron chi connectivity index (χ2n) is 8.92. The molecule has 0 bridgehead atoms. The molecule has 9 heteroatoms. The van der Waals surface area contributed by atoms with Crippen molar-refractivity contribution >= 4 is 43.6 Å². The van der Waals surface area contributed by atoms with Crippen LogP contribution in [0.1, 0.15) is 40.2 Å². The number of aryl methyl sites for hydroxylation is 1. The van der Waals surface area contributed by atoms with E-state index in [2.05, 4.69) is 0 Å². The highest BCUT2D eigenvalue weighted by atomic mass is 32.1. The lowest BCUT2D eigenvalue weighted by Gasteiger charge is -2.23. The molecular formula is C29H24N2O6S. The molecule has 8 nitrogen and oxygen atoms in total. The summed E-state index contributed by atoms with van der Waals surface area (Å²) in [5.74, 6) is 1.33. The number of amides is 1. The number of ether oxygens (including phenoxy) is 3. The summed E-state index contributed by atoms with van der Waals surface area (Å²) >= 11 is 1.35. The zero-order valence-electron chi connectivity index (χ0n) is 21.2. The van der Waals surface area contributed by atoms with Crippen molar-refractivity contribution in [2.75, 3.05) is 25.7 Å². The quantitative estimate of drug-likeness (QED) is 0.272. The Morgan fingerprint density at radius 2 is 1.82 bits per heavy atom. The Morgan fingerprint density at radius 1 is 1.00 bits per heavy atom. The first-order valence-corrected chi connectivity index (χ1v) is 12.9. The number of benzene rings is 3. The number of carbonyl (C=O) groups is 1. The van der Waals surface area contributed by atoms with Gasteiger partial charge >= 0.3 is 0 Å². The van der Waals surface area contributed by atoms with E-state index in [4.69, 9.17) is 23.6 Å². The van der Waals surface area contributed by atoms with Crippen molar-refractivity contribution in [3.8, 4) is 17.2 Å². The maximum Gasteiger partial charge on any atom is 0.297 e. The SMILES string of the molecule is CCOc1ccc2nc(N3C(=O)c4oc5ccc(C)cc5c(=O)c4[C@H]3c3ccc(OC)c(OC)c3)sc2c1. The summed E-state index contributed by atoms with van der Waals surface area (Å²) < 4.78 is 23.5. The molecule has 0 unspecified atom stereocenters. The molecule has 1 amide bonds. The fraction of sp³-hybridized carbons (Fsp3) is 0.207. The number of aromatic nitrogens is 1. The molecule has 192 valence electrons. The minimum Gasteiger partial charge on any atom is -0.494 e. The fourth-order valence-corrected chi connectivity index (χ4v) is 5.90. The Bertz CT molecular complexity index is 1790. The van der Waals surface area contributed by atoms with Crippen LogP contribution in [0.5, 0.6) is 17.2 Å². The van der Waals surface area contributed by atoms with Crippen molar-refractivity contribution in [1.82, 2.24) is 4.98 Å². The van der Waals surface area contributed by atoms with E-state index in [0.29, 0.717) is 39.8 Å². The molecule has 0 spiro atoms. The van der Waals surface area contributed by atoms with Crippen molar-refractivity contribution in [3.63, 3.8) is 0 Å². The number of methoxy groups -OCH3 is 2. The zero-order chi connectivity index (χ0) is 26.6. The van der Waals surface area contributed by atoms with Crippen molar-refractivity contribution in [1.29, 1.82) is 0 Å². The van der Waals surface area contributed by atoms with Gasteiger partial charge < -0.3 is 18.6 Å². The number of hydrogen-bond donors (Lipinski definition) is 0. The average Bonchev–Trinajstić information content (AvgIpc) is 3.47. The minimum absolute atomic E-state index is 0.0143. The molecule has 0 saturated carbocycles. The van der Waals surface area contributed by atoms with Gasteiger partial charge in [0.25, 0.3) is 5.91 Å². The third kappa shape index (κ3) is 3.69. The summed E-state index contributed by atoms with van der Waals surface area (Å²) in [5.41, 5.74) is 2.71. The number of nitrogens with zero attached hydrogens (tertiary/aromatic N) is 2. The van der Waals surface area contributed by atoms with Gasteiger partial charge in [-0.25, -0.2) is 4.98 Å². The molecule has 1 aliphatic rings. The lowest BCUT2D eigenvalue weighted by Crippen LogP contribution is -2.29. The zero-order valence-corrected chi connectivity index (χ0v) is 22.0. The number of thiazole rings is 1. The molecule has 0 saturated heterocycles. The van der Waals surface area contributed by atoms with Gasteiger partial charge in [-0.05, 0) is 61.9 Å². The molecule has 0 fully saturated rings. The molecule has 1 atom stereocenters. The van der Waals surface area contributed by atoms with E-state index in [9.17, 15) is 9.59 Å². The molecule has 1 aliphatic heterocycles. The molecule has 0 radical (unpaired) electrons. The van der Waals surface area contributed by atoms with E-state index in [-0.39, 0.29) is 16.8 Å². The van der Waals surface area contributed by atoms with Gasteiger partial charge in [-0.2, -0.15) is 0 Å². The second-order valence-corrected chi connectivity index (χ2v) is 9.93. The van der Waals surface area contributed by atoms with Crippen LogP contribution in [-0.4, -0.2) is 31.7 Å². The van der Waals surface area contributed by atoms with Crippen LogP contribution < -0.4 is 24.5 Å². The van der Waals surface area contributed by atoms with Crippen molar-refractivity contribution < 1.29 is 23.4 Å². The van der Waals surface area contributed by atoms with Crippen molar-refractivity contribution in [2.24, 2.45) is 0 Å². The maximum atomic E-state index is 13.9. The van der Waals surface area contributed by atoms with Gasteiger partial charge in [0.1, 0.15) is 11.3 Å². The molecule has 3 heterocycles. The lowest BCUT2D eigenvalue weighted by atomic mass is 9.98. The summed E-state index contributed by atoms with van der Waals surface area (Å²) in [6.45, 7) is 4.37. The van der Waals surface area contributed by atoms with E-state index in [1.165, 1.54) is 16.2 Å². The highest BCUT2D eigenvalue weighted by molar-refractivity contribution is 7.22. The topological polar surface area (TPSA) is 91.1 Å². The van der Waals surface area contributed by atoms with Gasteiger partial charge in [0, 0.05) is 0 Å². The van der Waals surface area contributed by atoms with Gasteiger partial charge in [0.05, 0.1) is 48.0 Å². The summed E-state index contributed by atoms with van der Waals surface area (Å²) in [6, 6.07) is 15.6. The minimum atomic E-state index is -0.773. The largest absolute Gasteiger partial charge is 0.494 e. The van der Waals surface area contributed by atoms with Crippen molar-refractivity contribution in [2.45, 2.75) is 19.9 Å². The van der Waals surface area contributed by atoms with Crippen LogP contribution in [-0.2, 0) is 0 Å². The Kier molecular flexibility index (Phi) is 5.80. The predicted octanol–water partition coefficient (Wildman–Crippen LogP) is 5.88. The van der Waals surface area contributed by atoms with Crippen LogP contribution in [0.4, 0.5) is 5.13 Å². The molecule has 0 aliphatic carbocycles. The number of carbonyl (C=O) groups excluding carboxylic acids is 1. The van der Waals surface area contributed by atoms with Gasteiger partial charge in [-0.3, -0.25) is 14.5 Å². The average molecular weight is 529 g/mol. The third-order valence-electron chi connectivity index (χ3n) is 6.61. The van der Waals surface area contributed by atoms with Crippen LogP contribution in [0, 0.1) is 6.92 Å². The Hall–Kier alpha value is -4.37. The van der Waals surface area contributed by atoms with Gasteiger partial charge in [-0.1, -0.05) is 29.0 Å². The summed E-state index contributed by atoms with van der Waals surface area (Å²) in [4.78, 5) is 34.2. The van der Waals surface area contributed by atoms with E-state index in [1.54, 1.807) is 38.5 Å². The van der Waals surface area contributed by atoms with Crippen LogP contribution in [0.3, 0.4) is 0 Å². The molecule has 6 rings (SSSR count). The molecular weight excluding hydrogens is 504 g/mol. The molecule has 5 aromatic rings. The van der Waals surface area contributed by atoms with E-state index in [0.717, 1.165) is 21.5 Å². The normalized spacial score (nSPS) is 14.8. The highest BCUT2D eigenvalue weighted by Crippen LogP contribution is 2.45. The standard InChI is InChI=1S/C29H24N2O6S/c1-5-36-17-8-9-19-23(14-17)38-29(30-19)31-25(16-7-11-21(34-3)22(13-16)35-4)24-26(32)18-12-15(2)6-10-20(18)37-27(24)28(31)33/h6-14,25H,5H2,1-4H3/t25-/m1/s1. The van der Waals surface area contributed by atoms with Gasteiger partial charge in [0.2, 0.25) is 5.76 Å². The summed E-state index contributed by atoms with van der Waals surface area (Å²) in [7, 11) is 3.10. The molecule has 2 aromatic heterocycles. The number of hydrogen-bond acceptors (Lipinski definition) is 8. The maximum absolute atomic E-state index is 13.9. The Morgan fingerprint density at radius 3 is 2.58 bits per heavy atom. The highest BCUT2D eigenvalue weighted by Gasteiger charge is 2.45. The Balaban J connectivity index is 1.60. The second kappa shape index (κ2) is 9.18. The summed E-state index contributed by atoms with van der Waals surface area (Å²) in [6.07, 6.45) is 0. The molecule has 38 heavy (non-hydrogen) atoms. The lowest BCUT2D eigenvalue weighted by molar-refractivity contribution is 0.0971. The van der Waals surface area contributed by atoms with E-state index >= 15 is 0 Å². The number of rotatable bonds is 6. The van der Waals surface area contributed by atoms with E-state index < -0.39 is 11.9 Å². The first-order chi connectivity index (χ1) is 18.4. The number of anilines is 1. The van der Waals surface area contributed by atoms with Gasteiger partial charge in [-0.15, -0.1) is 0 Å². The number of fused-ring (bicyclic) bond motifs is 3. The van der Waals surface area contributed by atoms with Crippen molar-refractivity contribution in [3.05, 3.63) is 87.3 Å². The molecule has 3 aromatic carbocycles. The Labute approximate surface area is 222 Å². The predicted molar refractivity (Wildman–Crippen MR) is 146 cm³/mol. The summed E-state index contributed by atoms with van der Waals surface area (Å²) in [5, 5.41) is 0.874. The van der Waals surface area contributed by atoms with Crippen LogP contribution in [0.2, 0.25) is 0 Å². The monoisotopic (exact) mass is 528 g/mol.